The van der Waals surface area contributed by atoms with E-state index < -0.39 is 8.07 Å². The topological polar surface area (TPSA) is 36.1 Å². The zero-order chi connectivity index (χ0) is 56.1. The van der Waals surface area contributed by atoms with E-state index in [9.17, 15) is 0 Å². The standard InChI is InChI=1S/C76H70N2O2Si/c1-73(2,3)47-23-31-65-57(39-47)58-40-48(74(4,5)6)24-32-66(58)77(65)51-27-35-69-61(43-51)63-45-55(29-37-71(63)79-69)81(53-19-15-13-16-20-53,54-21-17-14-18-22-54)56-30-38-72-64(46-56)62-44-52(28-36-70(62)80-72)78-67-33-25-49(75(7,8)9)41-59(67)60-42-50(76(10,11)12)26-34-68(60)78/h13-46H,1-12H3. The fourth-order valence-electron chi connectivity index (χ4n) is 13.1. The van der Waals surface area contributed by atoms with Crippen LogP contribution in [0.4, 0.5) is 0 Å². The summed E-state index contributed by atoms with van der Waals surface area (Å²) >= 11 is 0. The zero-order valence-corrected chi connectivity index (χ0v) is 49.8. The molecular weight excluding hydrogens is 1000 g/mol. The van der Waals surface area contributed by atoms with Gasteiger partial charge in [-0.25, -0.2) is 0 Å². The summed E-state index contributed by atoms with van der Waals surface area (Å²) in [6.45, 7) is 27.6. The molecule has 0 spiro atoms. The first-order valence-corrected chi connectivity index (χ1v) is 30.9. The summed E-state index contributed by atoms with van der Waals surface area (Å²) in [5.41, 5.74) is 15.9. The smallest absolute Gasteiger partial charge is 0.179 e. The fourth-order valence-corrected chi connectivity index (χ4v) is 17.9. The van der Waals surface area contributed by atoms with E-state index in [0.717, 1.165) is 55.3 Å². The van der Waals surface area contributed by atoms with Crippen molar-refractivity contribution in [3.8, 4) is 11.4 Å². The Morgan fingerprint density at radius 1 is 0.259 bits per heavy atom. The summed E-state index contributed by atoms with van der Waals surface area (Å²) < 4.78 is 18.5. The summed E-state index contributed by atoms with van der Waals surface area (Å²) in [6.07, 6.45) is 0. The summed E-state index contributed by atoms with van der Waals surface area (Å²) in [5, 5.41) is 14.7. The van der Waals surface area contributed by atoms with Gasteiger partial charge in [-0.3, -0.25) is 0 Å². The maximum absolute atomic E-state index is 6.81. The minimum atomic E-state index is -3.11. The van der Waals surface area contributed by atoms with Gasteiger partial charge in [0.2, 0.25) is 0 Å². The Balaban J connectivity index is 0.981. The Morgan fingerprint density at radius 2 is 0.543 bits per heavy atom. The normalized spacial score (nSPS) is 13.2. The van der Waals surface area contributed by atoms with Crippen molar-refractivity contribution in [3.63, 3.8) is 0 Å². The Morgan fingerprint density at radius 3 is 0.840 bits per heavy atom. The lowest BCUT2D eigenvalue weighted by Crippen LogP contribution is -2.74. The highest BCUT2D eigenvalue weighted by atomic mass is 28.3. The highest BCUT2D eigenvalue weighted by Crippen LogP contribution is 2.42. The molecule has 0 aliphatic carbocycles. The molecular formula is C76H70N2O2Si. The van der Waals surface area contributed by atoms with Crippen LogP contribution in [0.2, 0.25) is 0 Å². The van der Waals surface area contributed by atoms with Crippen LogP contribution >= 0.6 is 0 Å². The predicted molar refractivity (Wildman–Crippen MR) is 348 cm³/mol. The van der Waals surface area contributed by atoms with Crippen LogP contribution in [0, 0.1) is 0 Å². The third-order valence-electron chi connectivity index (χ3n) is 17.7. The largest absolute Gasteiger partial charge is 0.456 e. The van der Waals surface area contributed by atoms with Crippen LogP contribution in [0.1, 0.15) is 105 Å². The number of rotatable bonds is 6. The van der Waals surface area contributed by atoms with E-state index in [1.165, 1.54) is 86.6 Å². The van der Waals surface area contributed by atoms with Crippen molar-refractivity contribution < 1.29 is 8.83 Å². The minimum Gasteiger partial charge on any atom is -0.456 e. The second-order valence-corrected chi connectivity index (χ2v) is 30.9. The Bertz CT molecular complexity index is 4390. The van der Waals surface area contributed by atoms with Crippen LogP contribution in [0.25, 0.3) is 98.9 Å². The van der Waals surface area contributed by atoms with E-state index in [-0.39, 0.29) is 21.7 Å². The van der Waals surface area contributed by atoms with Crippen molar-refractivity contribution in [2.45, 2.75) is 105 Å². The van der Waals surface area contributed by atoms with Crippen LogP contribution in [0.15, 0.2) is 215 Å². The van der Waals surface area contributed by atoms with Crippen molar-refractivity contribution in [1.29, 1.82) is 0 Å². The molecule has 14 rings (SSSR count). The quantitative estimate of drug-likeness (QED) is 0.123. The van der Waals surface area contributed by atoms with Crippen molar-refractivity contribution in [2.75, 3.05) is 0 Å². The average Bonchev–Trinajstić information content (AvgIpc) is 4.39. The molecule has 4 heterocycles. The molecule has 0 fully saturated rings. The average molecular weight is 1070 g/mol. The zero-order valence-electron chi connectivity index (χ0n) is 48.8. The second kappa shape index (κ2) is 17.8. The Kier molecular flexibility index (Phi) is 11.2. The maximum atomic E-state index is 6.81. The fraction of sp³-hybridized carbons (Fsp3) is 0.211. The van der Waals surface area contributed by atoms with E-state index in [4.69, 9.17) is 8.83 Å². The molecule has 81 heavy (non-hydrogen) atoms. The minimum absolute atomic E-state index is 0.0130. The van der Waals surface area contributed by atoms with E-state index in [1.807, 2.05) is 0 Å². The molecule has 0 aliphatic rings. The second-order valence-electron chi connectivity index (χ2n) is 27.1. The van der Waals surface area contributed by atoms with Gasteiger partial charge in [-0.1, -0.05) is 192 Å². The molecule has 0 saturated carbocycles. The lowest BCUT2D eigenvalue weighted by molar-refractivity contribution is 0.590. The first kappa shape index (κ1) is 50.8. The summed E-state index contributed by atoms with van der Waals surface area (Å²) in [5.74, 6) is 0. The Labute approximate surface area is 476 Å². The highest BCUT2D eigenvalue weighted by Gasteiger charge is 2.42. The van der Waals surface area contributed by atoms with Crippen LogP contribution < -0.4 is 20.7 Å². The molecule has 0 bridgehead atoms. The number of hydrogen-bond donors (Lipinski definition) is 0. The van der Waals surface area contributed by atoms with E-state index in [0.29, 0.717) is 0 Å². The SMILES string of the molecule is CC(C)(C)c1ccc2c(c1)c1cc(C(C)(C)C)ccc1n2-c1ccc2oc3ccc([Si](c4ccccc4)(c4ccccc4)c4ccc5oc6ccc(-n7c8ccc(C(C)(C)C)cc8c8cc(C(C)(C)C)ccc87)cc6c5c4)cc3c2c1. The van der Waals surface area contributed by atoms with Crippen LogP contribution in [-0.4, -0.2) is 17.2 Å². The van der Waals surface area contributed by atoms with Crippen molar-refractivity contribution >= 4 is 116 Å². The van der Waals surface area contributed by atoms with E-state index in [2.05, 4.69) is 298 Å². The van der Waals surface area contributed by atoms with Gasteiger partial charge in [-0.15, -0.1) is 0 Å². The van der Waals surface area contributed by atoms with E-state index >= 15 is 0 Å². The highest BCUT2D eigenvalue weighted by molar-refractivity contribution is 7.20. The number of furan rings is 2. The first-order valence-electron chi connectivity index (χ1n) is 28.9. The molecule has 4 aromatic heterocycles. The molecule has 0 unspecified atom stereocenters. The van der Waals surface area contributed by atoms with Gasteiger partial charge in [0.05, 0.1) is 22.1 Å². The molecule has 10 aromatic carbocycles. The molecule has 400 valence electrons. The number of aromatic nitrogens is 2. The van der Waals surface area contributed by atoms with Crippen LogP contribution in [0.3, 0.4) is 0 Å². The van der Waals surface area contributed by atoms with E-state index in [1.54, 1.807) is 0 Å². The molecule has 5 heteroatoms. The van der Waals surface area contributed by atoms with Gasteiger partial charge >= 0.3 is 0 Å². The summed E-state index contributed by atoms with van der Waals surface area (Å²) in [7, 11) is -3.11. The van der Waals surface area contributed by atoms with Gasteiger partial charge < -0.3 is 18.0 Å². The van der Waals surface area contributed by atoms with Crippen LogP contribution in [0.5, 0.6) is 0 Å². The van der Waals surface area contributed by atoms with Crippen LogP contribution in [-0.2, 0) is 21.7 Å². The molecule has 0 radical (unpaired) electrons. The third-order valence-corrected chi connectivity index (χ3v) is 22.4. The van der Waals surface area contributed by atoms with Gasteiger partial charge in [0, 0.05) is 54.5 Å². The van der Waals surface area contributed by atoms with Gasteiger partial charge in [0.25, 0.3) is 0 Å². The number of fused-ring (bicyclic) bond motifs is 12. The van der Waals surface area contributed by atoms with Gasteiger partial charge in [0.1, 0.15) is 22.3 Å². The monoisotopic (exact) mass is 1070 g/mol. The molecule has 4 nitrogen and oxygen atoms in total. The van der Waals surface area contributed by atoms with Gasteiger partial charge in [-0.05, 0) is 162 Å². The predicted octanol–water partition coefficient (Wildman–Crippen LogP) is 18.2. The lowest BCUT2D eigenvalue weighted by atomic mass is 9.85. The van der Waals surface area contributed by atoms with Crippen molar-refractivity contribution in [2.24, 2.45) is 0 Å². The van der Waals surface area contributed by atoms with Gasteiger partial charge in [0.15, 0.2) is 8.07 Å². The first-order chi connectivity index (χ1) is 38.6. The molecule has 0 saturated heterocycles. The molecule has 0 atom stereocenters. The third kappa shape index (κ3) is 8.05. The summed E-state index contributed by atoms with van der Waals surface area (Å²) in [6, 6.07) is 78.4. The summed E-state index contributed by atoms with van der Waals surface area (Å²) in [4.78, 5) is 0. The molecule has 0 amide bonds. The number of benzene rings is 10. The Hall–Kier alpha value is -8.38. The van der Waals surface area contributed by atoms with Crippen molar-refractivity contribution in [3.05, 3.63) is 229 Å². The maximum Gasteiger partial charge on any atom is 0.179 e. The molecule has 14 aromatic rings. The van der Waals surface area contributed by atoms with Crippen molar-refractivity contribution in [1.82, 2.24) is 9.13 Å². The van der Waals surface area contributed by atoms with Gasteiger partial charge in [-0.2, -0.15) is 0 Å². The lowest BCUT2D eigenvalue weighted by Gasteiger charge is -2.34. The number of nitrogens with zero attached hydrogens (tertiary/aromatic N) is 2. The number of hydrogen-bond acceptors (Lipinski definition) is 2. The molecule has 0 aliphatic heterocycles. The molecule has 0 N–H and O–H groups in total.